The molecule has 4 aromatic rings. The fraction of sp³-hybridized carbons (Fsp3) is 0.207. The molecule has 1 amide bonds. The summed E-state index contributed by atoms with van der Waals surface area (Å²) in [6.07, 6.45) is 0.362. The number of hydrogen-bond donors (Lipinski definition) is 2. The first-order chi connectivity index (χ1) is 17.4. The summed E-state index contributed by atoms with van der Waals surface area (Å²) in [5.41, 5.74) is 4.75. The van der Waals surface area contributed by atoms with Gasteiger partial charge in [-0.3, -0.25) is 10.1 Å². The zero-order valence-corrected chi connectivity index (χ0v) is 20.0. The van der Waals surface area contributed by atoms with Gasteiger partial charge < -0.3 is 14.4 Å². The predicted octanol–water partition coefficient (Wildman–Crippen LogP) is 6.74. The van der Waals surface area contributed by atoms with E-state index in [0.717, 1.165) is 27.8 Å². The van der Waals surface area contributed by atoms with Crippen LogP contribution in [-0.2, 0) is 14.9 Å². The van der Waals surface area contributed by atoms with E-state index in [-0.39, 0.29) is 0 Å². The van der Waals surface area contributed by atoms with Crippen LogP contribution in [0.1, 0.15) is 42.7 Å². The Bertz CT molecular complexity index is 1390. The van der Waals surface area contributed by atoms with Gasteiger partial charge in [-0.15, -0.1) is 0 Å². The van der Waals surface area contributed by atoms with Crippen molar-refractivity contribution in [2.75, 3.05) is 5.32 Å². The van der Waals surface area contributed by atoms with Gasteiger partial charge in [-0.1, -0.05) is 84.0 Å². The molecule has 2 N–H and O–H groups in total. The van der Waals surface area contributed by atoms with Crippen LogP contribution in [0.25, 0.3) is 22.5 Å². The molecule has 0 radical (unpaired) electrons. The van der Waals surface area contributed by atoms with Gasteiger partial charge in [0.05, 0.1) is 5.41 Å². The molecule has 7 heteroatoms. The van der Waals surface area contributed by atoms with Crippen LogP contribution in [0.4, 0.5) is 10.5 Å². The summed E-state index contributed by atoms with van der Waals surface area (Å²) in [5, 5.41) is 16.3. The summed E-state index contributed by atoms with van der Waals surface area (Å²) in [4.78, 5) is 24.2. The number of carboxylic acids is 1. The van der Waals surface area contributed by atoms with Crippen LogP contribution in [0, 0.1) is 6.92 Å². The van der Waals surface area contributed by atoms with E-state index in [4.69, 9.17) is 9.26 Å². The number of aromatic nitrogens is 1. The molecule has 1 heterocycles. The summed E-state index contributed by atoms with van der Waals surface area (Å²) in [5.74, 6) is -0.319. The van der Waals surface area contributed by atoms with Crippen molar-refractivity contribution in [1.82, 2.24) is 5.16 Å². The lowest BCUT2D eigenvalue weighted by Crippen LogP contribution is -2.19. The van der Waals surface area contributed by atoms with Gasteiger partial charge in [0.25, 0.3) is 0 Å². The minimum Gasteiger partial charge on any atom is -0.481 e. The molecule has 0 spiro atoms. The van der Waals surface area contributed by atoms with Gasteiger partial charge >= 0.3 is 12.1 Å². The molecule has 0 saturated heterocycles. The topological polar surface area (TPSA) is 102 Å². The number of benzene rings is 3. The van der Waals surface area contributed by atoms with E-state index in [2.05, 4.69) is 10.5 Å². The van der Waals surface area contributed by atoms with Crippen molar-refractivity contribution < 1.29 is 24.0 Å². The highest BCUT2D eigenvalue weighted by atomic mass is 16.6. The Hall–Kier alpha value is -4.39. The molecule has 0 bridgehead atoms. The molecule has 1 atom stereocenters. The minimum absolute atomic E-state index is 0.411. The molecular formula is C29H26N2O5. The summed E-state index contributed by atoms with van der Waals surface area (Å²) in [6.45, 7) is 3.57. The second-order valence-corrected chi connectivity index (χ2v) is 9.10. The number of anilines is 1. The van der Waals surface area contributed by atoms with Crippen molar-refractivity contribution >= 4 is 17.7 Å². The number of nitrogens with zero attached hydrogens (tertiary/aromatic N) is 1. The van der Waals surface area contributed by atoms with E-state index in [0.29, 0.717) is 30.0 Å². The summed E-state index contributed by atoms with van der Waals surface area (Å²) >= 11 is 0. The standard InChI is InChI=1S/C29H26N2O5/c1-18-25(30-28(34)35-19(2)20-6-4-3-5-7-20)26(36-31-18)23-10-8-21(9-11-23)22-12-14-24(15-13-22)29(16-17-29)27(32)33/h3-15,19H,16-17H2,1-2H3,(H,30,34)(H,32,33)/t19-/m0/s1. The SMILES string of the molecule is Cc1noc(-c2ccc(-c3ccc(C4(C(=O)O)CC4)cc3)cc2)c1NC(=O)O[C@@H](C)c1ccccc1. The molecule has 7 nitrogen and oxygen atoms in total. The zero-order chi connectivity index (χ0) is 25.3. The van der Waals surface area contributed by atoms with Crippen LogP contribution in [0.15, 0.2) is 83.4 Å². The van der Waals surface area contributed by atoms with Crippen LogP contribution < -0.4 is 5.32 Å². The van der Waals surface area contributed by atoms with Gasteiger partial charge in [-0.25, -0.2) is 4.79 Å². The van der Waals surface area contributed by atoms with Gasteiger partial charge in [-0.05, 0) is 48.9 Å². The van der Waals surface area contributed by atoms with Crippen molar-refractivity contribution in [2.24, 2.45) is 0 Å². The number of hydrogen-bond acceptors (Lipinski definition) is 5. The second-order valence-electron chi connectivity index (χ2n) is 9.10. The molecule has 3 aromatic carbocycles. The number of ether oxygens (including phenoxy) is 1. The number of nitrogens with one attached hydrogen (secondary N) is 1. The number of aryl methyl sites for hydroxylation is 1. The Kier molecular flexibility index (Phi) is 6.06. The third-order valence-corrected chi connectivity index (χ3v) is 6.72. The maximum atomic E-state index is 12.6. The van der Waals surface area contributed by atoms with Gasteiger partial charge in [0, 0.05) is 5.56 Å². The van der Waals surface area contributed by atoms with E-state index in [9.17, 15) is 14.7 Å². The lowest BCUT2D eigenvalue weighted by Gasteiger charge is -2.14. The van der Waals surface area contributed by atoms with Crippen molar-refractivity contribution in [2.45, 2.75) is 38.2 Å². The molecule has 0 unspecified atom stereocenters. The summed E-state index contributed by atoms with van der Waals surface area (Å²) in [7, 11) is 0. The number of rotatable bonds is 7. The predicted molar refractivity (Wildman–Crippen MR) is 136 cm³/mol. The van der Waals surface area contributed by atoms with Gasteiger partial charge in [0.2, 0.25) is 0 Å². The molecule has 36 heavy (non-hydrogen) atoms. The van der Waals surface area contributed by atoms with Crippen molar-refractivity contribution in [3.63, 3.8) is 0 Å². The van der Waals surface area contributed by atoms with Crippen molar-refractivity contribution in [1.29, 1.82) is 0 Å². The molecular weight excluding hydrogens is 456 g/mol. The molecule has 0 aliphatic heterocycles. The average molecular weight is 483 g/mol. The number of aliphatic carboxylic acids is 1. The first-order valence-electron chi connectivity index (χ1n) is 11.8. The van der Waals surface area contributed by atoms with Gasteiger partial charge in [-0.2, -0.15) is 0 Å². The zero-order valence-electron chi connectivity index (χ0n) is 20.0. The Labute approximate surface area is 208 Å². The van der Waals surface area contributed by atoms with Gasteiger partial charge in [0.1, 0.15) is 17.5 Å². The van der Waals surface area contributed by atoms with Crippen LogP contribution in [0.2, 0.25) is 0 Å². The highest BCUT2D eigenvalue weighted by Crippen LogP contribution is 2.48. The van der Waals surface area contributed by atoms with E-state index < -0.39 is 23.6 Å². The van der Waals surface area contributed by atoms with Crippen molar-refractivity contribution in [3.05, 3.63) is 95.7 Å². The Balaban J connectivity index is 1.30. The molecule has 1 saturated carbocycles. The lowest BCUT2D eigenvalue weighted by atomic mass is 9.93. The Morgan fingerprint density at radius 1 is 0.944 bits per heavy atom. The average Bonchev–Trinajstić information content (AvgIpc) is 3.64. The maximum absolute atomic E-state index is 12.6. The van der Waals surface area contributed by atoms with Crippen LogP contribution in [0.5, 0.6) is 0 Å². The van der Waals surface area contributed by atoms with E-state index in [1.165, 1.54) is 0 Å². The summed E-state index contributed by atoms with van der Waals surface area (Å²) < 4.78 is 11.1. The molecule has 5 rings (SSSR count). The van der Waals surface area contributed by atoms with Crippen molar-refractivity contribution in [3.8, 4) is 22.5 Å². The molecule has 1 aliphatic rings. The minimum atomic E-state index is -0.759. The number of carboxylic acid groups (broad SMARTS) is 1. The van der Waals surface area contributed by atoms with E-state index in [1.807, 2.05) is 85.8 Å². The third-order valence-electron chi connectivity index (χ3n) is 6.72. The highest BCUT2D eigenvalue weighted by molar-refractivity contribution is 5.91. The third kappa shape index (κ3) is 4.47. The quantitative estimate of drug-likeness (QED) is 0.302. The molecule has 182 valence electrons. The van der Waals surface area contributed by atoms with Crippen LogP contribution in [0.3, 0.4) is 0 Å². The fourth-order valence-electron chi connectivity index (χ4n) is 4.34. The Morgan fingerprint density at radius 3 is 2.11 bits per heavy atom. The van der Waals surface area contributed by atoms with Gasteiger partial charge in [0.15, 0.2) is 5.76 Å². The summed E-state index contributed by atoms with van der Waals surface area (Å²) in [6, 6.07) is 24.9. The number of carbonyl (C=O) groups is 2. The first-order valence-corrected chi connectivity index (χ1v) is 11.8. The molecule has 1 fully saturated rings. The largest absolute Gasteiger partial charge is 0.481 e. The van der Waals surface area contributed by atoms with E-state index in [1.54, 1.807) is 6.92 Å². The van der Waals surface area contributed by atoms with Crippen LogP contribution >= 0.6 is 0 Å². The maximum Gasteiger partial charge on any atom is 0.412 e. The van der Waals surface area contributed by atoms with Crippen LogP contribution in [-0.4, -0.2) is 22.3 Å². The smallest absolute Gasteiger partial charge is 0.412 e. The normalized spacial score (nSPS) is 14.6. The first kappa shape index (κ1) is 23.4. The monoisotopic (exact) mass is 482 g/mol. The molecule has 1 aliphatic carbocycles. The Morgan fingerprint density at radius 2 is 1.53 bits per heavy atom. The highest BCUT2D eigenvalue weighted by Gasteiger charge is 2.51. The number of amides is 1. The lowest BCUT2D eigenvalue weighted by molar-refractivity contribution is -0.140. The molecule has 1 aromatic heterocycles. The number of carbonyl (C=O) groups excluding carboxylic acids is 1. The van der Waals surface area contributed by atoms with E-state index >= 15 is 0 Å². The second kappa shape index (κ2) is 9.34. The fourth-order valence-corrected chi connectivity index (χ4v) is 4.34.